The monoisotopic (exact) mass is 308 g/mol. The number of nitrogens with two attached hydrogens (primary N) is 1. The van der Waals surface area contributed by atoms with Crippen LogP contribution in [-0.2, 0) is 6.42 Å². The van der Waals surface area contributed by atoms with Crippen molar-refractivity contribution in [2.24, 2.45) is 5.84 Å². The number of thioether (sulfide) groups is 1. The molecule has 0 spiro atoms. The lowest BCUT2D eigenvalue weighted by molar-refractivity contribution is 0.486. The summed E-state index contributed by atoms with van der Waals surface area (Å²) in [5, 5.41) is 0. The molecule has 0 bridgehead atoms. The predicted octanol–water partition coefficient (Wildman–Crippen LogP) is 3.44. The van der Waals surface area contributed by atoms with Crippen LogP contribution in [0.4, 0.5) is 8.78 Å². The van der Waals surface area contributed by atoms with E-state index in [2.05, 4.69) is 11.5 Å². The lowest BCUT2D eigenvalue weighted by Gasteiger charge is -2.16. The van der Waals surface area contributed by atoms with Crippen molar-refractivity contribution in [1.29, 1.82) is 0 Å². The molecule has 0 radical (unpaired) electrons. The summed E-state index contributed by atoms with van der Waals surface area (Å²) in [4.78, 5) is 1.13. The SMILES string of the molecule is Cc1cccc(SCC(Cc2cccc(F)c2F)NN)c1. The Morgan fingerprint density at radius 1 is 1.19 bits per heavy atom. The summed E-state index contributed by atoms with van der Waals surface area (Å²) in [7, 11) is 0. The minimum atomic E-state index is -0.824. The molecule has 0 saturated carbocycles. The molecule has 1 atom stereocenters. The maximum Gasteiger partial charge on any atom is 0.162 e. The van der Waals surface area contributed by atoms with E-state index >= 15 is 0 Å². The molecule has 0 aliphatic rings. The molecular weight excluding hydrogens is 290 g/mol. The van der Waals surface area contributed by atoms with Crippen LogP contribution in [0, 0.1) is 18.6 Å². The minimum Gasteiger partial charge on any atom is -0.271 e. The predicted molar refractivity (Wildman–Crippen MR) is 83.1 cm³/mol. The fourth-order valence-corrected chi connectivity index (χ4v) is 3.09. The first-order valence-corrected chi connectivity index (χ1v) is 7.67. The van der Waals surface area contributed by atoms with Crippen molar-refractivity contribution in [2.75, 3.05) is 5.75 Å². The summed E-state index contributed by atoms with van der Waals surface area (Å²) in [5.41, 5.74) is 4.20. The largest absolute Gasteiger partial charge is 0.271 e. The Kier molecular flexibility index (Phi) is 5.73. The Bertz CT molecular complexity index is 605. The van der Waals surface area contributed by atoms with E-state index < -0.39 is 11.6 Å². The van der Waals surface area contributed by atoms with Crippen LogP contribution in [0.2, 0.25) is 0 Å². The summed E-state index contributed by atoms with van der Waals surface area (Å²) < 4.78 is 26.9. The zero-order valence-corrected chi connectivity index (χ0v) is 12.6. The quantitative estimate of drug-likeness (QED) is 0.488. The zero-order valence-electron chi connectivity index (χ0n) is 11.8. The fraction of sp³-hybridized carbons (Fsp3) is 0.250. The molecule has 0 heterocycles. The van der Waals surface area contributed by atoms with Crippen molar-refractivity contribution in [3.63, 3.8) is 0 Å². The molecule has 0 aromatic heterocycles. The van der Waals surface area contributed by atoms with Gasteiger partial charge in [-0.1, -0.05) is 29.8 Å². The van der Waals surface area contributed by atoms with Gasteiger partial charge in [0.05, 0.1) is 0 Å². The van der Waals surface area contributed by atoms with E-state index in [1.54, 1.807) is 17.8 Å². The molecule has 2 aromatic rings. The normalized spacial score (nSPS) is 12.4. The van der Waals surface area contributed by atoms with E-state index in [1.807, 2.05) is 25.1 Å². The van der Waals surface area contributed by atoms with Gasteiger partial charge in [0.25, 0.3) is 0 Å². The summed E-state index contributed by atoms with van der Waals surface area (Å²) in [6, 6.07) is 12.2. The van der Waals surface area contributed by atoms with Crippen LogP contribution in [0.15, 0.2) is 47.4 Å². The first-order valence-electron chi connectivity index (χ1n) is 6.68. The van der Waals surface area contributed by atoms with Crippen LogP contribution in [0.25, 0.3) is 0 Å². The van der Waals surface area contributed by atoms with Crippen LogP contribution in [-0.4, -0.2) is 11.8 Å². The van der Waals surface area contributed by atoms with Gasteiger partial charge < -0.3 is 0 Å². The van der Waals surface area contributed by atoms with Crippen molar-refractivity contribution in [3.05, 3.63) is 65.2 Å². The number of nitrogens with one attached hydrogen (secondary N) is 1. The van der Waals surface area contributed by atoms with E-state index in [1.165, 1.54) is 11.6 Å². The van der Waals surface area contributed by atoms with Crippen molar-refractivity contribution >= 4 is 11.8 Å². The molecule has 0 aliphatic heterocycles. The first kappa shape index (κ1) is 15.9. The standard InChI is InChI=1S/C16H18F2N2S/c1-11-4-2-6-14(8-11)21-10-13(20-19)9-12-5-3-7-15(17)16(12)18/h2-8,13,20H,9-10,19H2,1H3. The van der Waals surface area contributed by atoms with Gasteiger partial charge in [0.15, 0.2) is 11.6 Å². The van der Waals surface area contributed by atoms with Crippen molar-refractivity contribution in [3.8, 4) is 0 Å². The van der Waals surface area contributed by atoms with Gasteiger partial charge in [-0.3, -0.25) is 11.3 Å². The van der Waals surface area contributed by atoms with Gasteiger partial charge in [-0.2, -0.15) is 0 Å². The average molecular weight is 308 g/mol. The number of aryl methyl sites for hydroxylation is 1. The van der Waals surface area contributed by atoms with Crippen LogP contribution in [0.5, 0.6) is 0 Å². The number of hydrazine groups is 1. The number of halogens is 2. The van der Waals surface area contributed by atoms with Crippen LogP contribution < -0.4 is 11.3 Å². The summed E-state index contributed by atoms with van der Waals surface area (Å²) in [6.45, 7) is 2.03. The third-order valence-electron chi connectivity index (χ3n) is 3.17. The van der Waals surface area contributed by atoms with E-state index in [0.29, 0.717) is 17.7 Å². The molecule has 5 heteroatoms. The molecule has 21 heavy (non-hydrogen) atoms. The Morgan fingerprint density at radius 2 is 1.95 bits per heavy atom. The third-order valence-corrected chi connectivity index (χ3v) is 4.33. The number of rotatable bonds is 6. The summed E-state index contributed by atoms with van der Waals surface area (Å²) in [6.07, 6.45) is 0.346. The highest BCUT2D eigenvalue weighted by Crippen LogP contribution is 2.21. The Balaban J connectivity index is 1.99. The second kappa shape index (κ2) is 7.54. The smallest absolute Gasteiger partial charge is 0.162 e. The lowest BCUT2D eigenvalue weighted by Crippen LogP contribution is -2.38. The highest BCUT2D eigenvalue weighted by atomic mass is 32.2. The Morgan fingerprint density at radius 3 is 2.67 bits per heavy atom. The maximum absolute atomic E-state index is 13.7. The molecule has 2 rings (SSSR count). The zero-order chi connectivity index (χ0) is 15.2. The van der Waals surface area contributed by atoms with E-state index in [0.717, 1.165) is 11.0 Å². The molecule has 2 aromatic carbocycles. The number of hydrogen-bond acceptors (Lipinski definition) is 3. The Labute approximate surface area is 127 Å². The van der Waals surface area contributed by atoms with Gasteiger partial charge in [0.1, 0.15) is 0 Å². The van der Waals surface area contributed by atoms with Crippen LogP contribution in [0.1, 0.15) is 11.1 Å². The van der Waals surface area contributed by atoms with Crippen molar-refractivity contribution < 1.29 is 8.78 Å². The van der Waals surface area contributed by atoms with E-state index in [9.17, 15) is 8.78 Å². The first-order chi connectivity index (χ1) is 10.1. The van der Waals surface area contributed by atoms with Crippen molar-refractivity contribution in [2.45, 2.75) is 24.3 Å². The molecule has 0 amide bonds. The van der Waals surface area contributed by atoms with Crippen LogP contribution in [0.3, 0.4) is 0 Å². The maximum atomic E-state index is 13.7. The topological polar surface area (TPSA) is 38.0 Å². The molecule has 0 saturated heterocycles. The molecule has 112 valence electrons. The van der Waals surface area contributed by atoms with E-state index in [4.69, 9.17) is 5.84 Å². The van der Waals surface area contributed by atoms with Gasteiger partial charge in [0, 0.05) is 16.7 Å². The lowest BCUT2D eigenvalue weighted by atomic mass is 10.1. The Hall–Kier alpha value is -1.43. The van der Waals surface area contributed by atoms with Crippen molar-refractivity contribution in [1.82, 2.24) is 5.43 Å². The molecule has 3 N–H and O–H groups in total. The fourth-order valence-electron chi connectivity index (χ4n) is 2.04. The highest BCUT2D eigenvalue weighted by molar-refractivity contribution is 7.99. The molecule has 0 aliphatic carbocycles. The van der Waals surface area contributed by atoms with Gasteiger partial charge in [-0.25, -0.2) is 8.78 Å². The number of benzene rings is 2. The molecule has 1 unspecified atom stereocenters. The highest BCUT2D eigenvalue weighted by Gasteiger charge is 2.14. The third kappa shape index (κ3) is 4.52. The summed E-state index contributed by atoms with van der Waals surface area (Å²) in [5.74, 6) is 4.58. The van der Waals surface area contributed by atoms with Gasteiger partial charge in [-0.15, -0.1) is 11.8 Å². The van der Waals surface area contributed by atoms with E-state index in [-0.39, 0.29) is 6.04 Å². The number of hydrogen-bond donors (Lipinski definition) is 2. The van der Waals surface area contributed by atoms with Crippen LogP contribution >= 0.6 is 11.8 Å². The minimum absolute atomic E-state index is 0.133. The van der Waals surface area contributed by atoms with Gasteiger partial charge in [-0.05, 0) is 37.1 Å². The summed E-state index contributed by atoms with van der Waals surface area (Å²) >= 11 is 1.64. The second-order valence-corrected chi connectivity index (χ2v) is 6.00. The second-order valence-electron chi connectivity index (χ2n) is 4.91. The van der Waals surface area contributed by atoms with Gasteiger partial charge in [0.2, 0.25) is 0 Å². The average Bonchev–Trinajstić information content (AvgIpc) is 2.48. The molecule has 2 nitrogen and oxygen atoms in total. The van der Waals surface area contributed by atoms with Gasteiger partial charge >= 0.3 is 0 Å². The molecular formula is C16H18F2N2S. The molecule has 0 fully saturated rings.